The SMILES string of the molecule is O=C([O-])CSc1ccc(SCC(=O)[O-])nn1. The second-order valence-electron chi connectivity index (χ2n) is 2.53. The van der Waals surface area contributed by atoms with Crippen LogP contribution >= 0.6 is 23.5 Å². The van der Waals surface area contributed by atoms with E-state index in [0.717, 1.165) is 23.5 Å². The highest BCUT2D eigenvalue weighted by Gasteiger charge is 2.00. The summed E-state index contributed by atoms with van der Waals surface area (Å²) in [4.78, 5) is 20.3. The minimum absolute atomic E-state index is 0.194. The van der Waals surface area contributed by atoms with Gasteiger partial charge in [0, 0.05) is 11.5 Å². The quantitative estimate of drug-likeness (QED) is 0.548. The Bertz CT molecular complexity index is 345. The van der Waals surface area contributed by atoms with E-state index in [4.69, 9.17) is 0 Å². The average Bonchev–Trinajstić information content (AvgIpc) is 2.25. The number of aliphatic carboxylic acids is 2. The third-order valence-electron chi connectivity index (χ3n) is 1.29. The lowest BCUT2D eigenvalue weighted by atomic mass is 10.6. The second-order valence-corrected chi connectivity index (χ2v) is 4.52. The molecule has 0 fully saturated rings. The monoisotopic (exact) mass is 258 g/mol. The summed E-state index contributed by atoms with van der Waals surface area (Å²) in [6, 6.07) is 3.14. The van der Waals surface area contributed by atoms with Crippen LogP contribution in [0.25, 0.3) is 0 Å². The van der Waals surface area contributed by atoms with Gasteiger partial charge in [0.25, 0.3) is 0 Å². The summed E-state index contributed by atoms with van der Waals surface area (Å²) in [7, 11) is 0. The van der Waals surface area contributed by atoms with Crippen molar-refractivity contribution in [3.63, 3.8) is 0 Å². The third-order valence-corrected chi connectivity index (χ3v) is 3.08. The molecule has 0 aliphatic heterocycles. The van der Waals surface area contributed by atoms with E-state index in [1.54, 1.807) is 12.1 Å². The Hall–Kier alpha value is -1.28. The van der Waals surface area contributed by atoms with Crippen LogP contribution in [0.4, 0.5) is 0 Å². The molecule has 6 nitrogen and oxygen atoms in total. The van der Waals surface area contributed by atoms with Crippen LogP contribution in [0.15, 0.2) is 22.2 Å². The Morgan fingerprint density at radius 1 is 1.00 bits per heavy atom. The molecule has 1 heterocycles. The molecule has 0 unspecified atom stereocenters. The van der Waals surface area contributed by atoms with Crippen LogP contribution in [0.3, 0.4) is 0 Å². The Kier molecular flexibility index (Phi) is 5.06. The van der Waals surface area contributed by atoms with Crippen molar-refractivity contribution in [2.45, 2.75) is 10.1 Å². The normalized spacial score (nSPS) is 10.0. The Morgan fingerprint density at radius 2 is 1.38 bits per heavy atom. The Labute approximate surface area is 99.5 Å². The molecule has 0 bridgehead atoms. The summed E-state index contributed by atoms with van der Waals surface area (Å²) in [6.07, 6.45) is 0. The molecule has 1 aromatic heterocycles. The van der Waals surface area contributed by atoms with Crippen LogP contribution in [0, 0.1) is 0 Å². The number of aromatic nitrogens is 2. The van der Waals surface area contributed by atoms with Gasteiger partial charge in [0.15, 0.2) is 0 Å². The van der Waals surface area contributed by atoms with Crippen molar-refractivity contribution in [1.82, 2.24) is 10.2 Å². The lowest BCUT2D eigenvalue weighted by Gasteiger charge is -2.03. The van der Waals surface area contributed by atoms with Crippen LogP contribution in [0.5, 0.6) is 0 Å². The average molecular weight is 258 g/mol. The summed E-state index contributed by atoms with van der Waals surface area (Å²) in [5.41, 5.74) is 0. The van der Waals surface area contributed by atoms with Crippen LogP contribution in [-0.4, -0.2) is 33.6 Å². The predicted octanol–water partition coefficient (Wildman–Crippen LogP) is -1.84. The van der Waals surface area contributed by atoms with Gasteiger partial charge in [0.05, 0.1) is 11.9 Å². The fourth-order valence-corrected chi connectivity index (χ4v) is 1.78. The number of carbonyl (C=O) groups is 2. The maximum Gasteiger partial charge on any atom is 0.119 e. The first-order chi connectivity index (χ1) is 7.58. The number of nitrogens with zero attached hydrogens (tertiary/aromatic N) is 2. The largest absolute Gasteiger partial charge is 0.549 e. The molecule has 0 saturated heterocycles. The number of carboxylic acids is 2. The smallest absolute Gasteiger partial charge is 0.119 e. The van der Waals surface area contributed by atoms with Gasteiger partial charge < -0.3 is 19.8 Å². The molecule has 0 aliphatic carbocycles. The van der Waals surface area contributed by atoms with E-state index in [1.165, 1.54) is 0 Å². The van der Waals surface area contributed by atoms with E-state index in [1.807, 2.05) is 0 Å². The highest BCUT2D eigenvalue weighted by atomic mass is 32.2. The fraction of sp³-hybridized carbons (Fsp3) is 0.250. The van der Waals surface area contributed by atoms with Gasteiger partial charge in [0.1, 0.15) is 10.1 Å². The molecular formula is C8H6N2O4S2-2. The summed E-state index contributed by atoms with van der Waals surface area (Å²) in [5.74, 6) is -2.75. The van der Waals surface area contributed by atoms with Crippen molar-refractivity contribution in [3.05, 3.63) is 12.1 Å². The van der Waals surface area contributed by atoms with E-state index in [0.29, 0.717) is 10.1 Å². The maximum atomic E-state index is 10.2. The van der Waals surface area contributed by atoms with Gasteiger partial charge in [-0.15, -0.1) is 10.2 Å². The van der Waals surface area contributed by atoms with Crippen LogP contribution < -0.4 is 10.2 Å². The molecule has 1 rings (SSSR count). The van der Waals surface area contributed by atoms with Crippen molar-refractivity contribution in [3.8, 4) is 0 Å². The Balaban J connectivity index is 2.47. The molecule has 0 radical (unpaired) electrons. The van der Waals surface area contributed by atoms with Crippen molar-refractivity contribution in [2.75, 3.05) is 11.5 Å². The van der Waals surface area contributed by atoms with Crippen molar-refractivity contribution >= 4 is 35.5 Å². The highest BCUT2D eigenvalue weighted by Crippen LogP contribution is 2.18. The van der Waals surface area contributed by atoms with Gasteiger partial charge in [-0.05, 0) is 12.1 Å². The van der Waals surface area contributed by atoms with Crippen LogP contribution in [-0.2, 0) is 9.59 Å². The van der Waals surface area contributed by atoms with E-state index in [9.17, 15) is 19.8 Å². The molecule has 0 N–H and O–H groups in total. The van der Waals surface area contributed by atoms with Gasteiger partial charge in [-0.2, -0.15) is 0 Å². The number of carbonyl (C=O) groups excluding carboxylic acids is 2. The van der Waals surface area contributed by atoms with Gasteiger partial charge in [-0.25, -0.2) is 0 Å². The summed E-state index contributed by atoms with van der Waals surface area (Å²) in [5, 5.41) is 28.6. The number of hydrogen-bond acceptors (Lipinski definition) is 8. The van der Waals surface area contributed by atoms with Gasteiger partial charge in [-0.1, -0.05) is 23.5 Å². The lowest BCUT2D eigenvalue weighted by molar-refractivity contribution is -0.302. The topological polar surface area (TPSA) is 106 Å². The summed E-state index contributed by atoms with van der Waals surface area (Å²) in [6.45, 7) is 0. The molecule has 0 amide bonds. The number of rotatable bonds is 6. The second kappa shape index (κ2) is 6.33. The molecular weight excluding hydrogens is 252 g/mol. The van der Waals surface area contributed by atoms with Crippen LogP contribution in [0.1, 0.15) is 0 Å². The molecule has 1 aromatic rings. The zero-order chi connectivity index (χ0) is 12.0. The van der Waals surface area contributed by atoms with Gasteiger partial charge in [0.2, 0.25) is 0 Å². The lowest BCUT2D eigenvalue weighted by Crippen LogP contribution is -2.24. The first-order valence-corrected chi connectivity index (χ1v) is 6.04. The molecule has 8 heteroatoms. The first-order valence-electron chi connectivity index (χ1n) is 4.07. The summed E-state index contributed by atoms with van der Waals surface area (Å²) >= 11 is 1.98. The van der Waals surface area contributed by atoms with Crippen molar-refractivity contribution in [1.29, 1.82) is 0 Å². The van der Waals surface area contributed by atoms with Gasteiger partial charge >= 0.3 is 0 Å². The van der Waals surface area contributed by atoms with E-state index >= 15 is 0 Å². The third kappa shape index (κ3) is 4.99. The van der Waals surface area contributed by atoms with Gasteiger partial charge in [-0.3, -0.25) is 0 Å². The zero-order valence-electron chi connectivity index (χ0n) is 7.91. The number of thioether (sulfide) groups is 2. The van der Waals surface area contributed by atoms with Crippen molar-refractivity contribution < 1.29 is 19.8 Å². The standard InChI is InChI=1S/C8H8N2O4S2/c11-7(12)3-15-5-1-2-6(10-9-5)16-4-8(13)14/h1-2H,3-4H2,(H,11,12)(H,13,14)/p-2. The Morgan fingerprint density at radius 3 is 1.62 bits per heavy atom. The zero-order valence-corrected chi connectivity index (χ0v) is 9.55. The predicted molar refractivity (Wildman–Crippen MR) is 53.5 cm³/mol. The number of hydrogen-bond donors (Lipinski definition) is 0. The summed E-state index contributed by atoms with van der Waals surface area (Å²) < 4.78 is 0. The minimum Gasteiger partial charge on any atom is -0.549 e. The van der Waals surface area contributed by atoms with E-state index in [2.05, 4.69) is 10.2 Å². The molecule has 0 aliphatic rings. The van der Waals surface area contributed by atoms with Crippen LogP contribution in [0.2, 0.25) is 0 Å². The molecule has 86 valence electrons. The van der Waals surface area contributed by atoms with Crippen molar-refractivity contribution in [2.24, 2.45) is 0 Å². The van der Waals surface area contributed by atoms with E-state index in [-0.39, 0.29) is 11.5 Å². The fourth-order valence-electron chi connectivity index (χ4n) is 0.727. The molecule has 16 heavy (non-hydrogen) atoms. The number of carboxylic acid groups (broad SMARTS) is 2. The van der Waals surface area contributed by atoms with E-state index < -0.39 is 11.9 Å². The highest BCUT2D eigenvalue weighted by molar-refractivity contribution is 8.00. The maximum absolute atomic E-state index is 10.2. The molecule has 0 saturated carbocycles. The molecule has 0 aromatic carbocycles. The minimum atomic E-state index is -1.18. The molecule has 0 spiro atoms. The molecule has 0 atom stereocenters. The first kappa shape index (κ1) is 12.8.